The second-order valence-corrected chi connectivity index (χ2v) is 14.7. The van der Waals surface area contributed by atoms with E-state index in [2.05, 4.69) is 158 Å². The zero-order chi connectivity index (χ0) is 34.7. The van der Waals surface area contributed by atoms with Crippen molar-refractivity contribution in [2.75, 3.05) is 0 Å². The van der Waals surface area contributed by atoms with Gasteiger partial charge in [-0.3, -0.25) is 0 Å². The van der Waals surface area contributed by atoms with Crippen molar-refractivity contribution < 1.29 is 0 Å². The molecular weight excluding hydrogens is 617 g/mol. The Bertz CT molecular complexity index is 2290. The highest BCUT2D eigenvalue weighted by molar-refractivity contribution is 5.95. The number of hydrogen-bond donors (Lipinski definition) is 0. The molecular formula is C49H48N2. The molecule has 2 nitrogen and oxygen atoms in total. The Morgan fingerprint density at radius 1 is 0.529 bits per heavy atom. The van der Waals surface area contributed by atoms with E-state index >= 15 is 0 Å². The second kappa shape index (κ2) is 12.6. The van der Waals surface area contributed by atoms with E-state index in [1.165, 1.54) is 88.8 Å². The third-order valence-electron chi connectivity index (χ3n) is 12.3. The van der Waals surface area contributed by atoms with Crippen LogP contribution in [0.5, 0.6) is 0 Å². The van der Waals surface area contributed by atoms with Crippen LogP contribution in [-0.2, 0) is 31.3 Å². The molecule has 0 N–H and O–H groups in total. The minimum Gasteiger partial charge on any atom is -0.344 e. The second-order valence-electron chi connectivity index (χ2n) is 14.7. The number of rotatable bonds is 8. The minimum absolute atomic E-state index is 0.0130. The average molecular weight is 665 g/mol. The van der Waals surface area contributed by atoms with E-state index in [0.717, 1.165) is 51.6 Å². The van der Waals surface area contributed by atoms with Crippen LogP contribution in [0.4, 0.5) is 0 Å². The standard InChI is InChI=1S/C49H48N2/c1-5-49(6-2)43-31-35(19-17-33-23-27-47-41(29-33)39-13-9-11-15-45(39)50(47)7-3)21-25-37(43)38-26-22-36(32-44(38)49)20-18-34-24-28-48-42(30-34)40-14-10-12-16-46(40)51(48)8-4/h9-10,13-14,17-32H,5-8,11-12,15-16H2,1-4H3/b19-17+,20-18+. The molecule has 0 amide bonds. The van der Waals surface area contributed by atoms with Crippen molar-refractivity contribution in [2.24, 2.45) is 0 Å². The van der Waals surface area contributed by atoms with Crippen molar-refractivity contribution in [1.82, 2.24) is 9.13 Å². The van der Waals surface area contributed by atoms with Gasteiger partial charge in [-0.05, 0) is 121 Å². The van der Waals surface area contributed by atoms with Crippen LogP contribution in [0.2, 0.25) is 0 Å². The van der Waals surface area contributed by atoms with Crippen molar-refractivity contribution in [3.63, 3.8) is 0 Å². The molecule has 51 heavy (non-hydrogen) atoms. The quantitative estimate of drug-likeness (QED) is 0.143. The summed E-state index contributed by atoms with van der Waals surface area (Å²) in [6, 6.07) is 28.3. The van der Waals surface area contributed by atoms with Crippen molar-refractivity contribution in [3.8, 4) is 11.1 Å². The highest BCUT2D eigenvalue weighted by atomic mass is 15.0. The molecule has 3 aliphatic carbocycles. The van der Waals surface area contributed by atoms with E-state index in [4.69, 9.17) is 0 Å². The Kier molecular flexibility index (Phi) is 7.88. The third-order valence-corrected chi connectivity index (χ3v) is 12.3. The van der Waals surface area contributed by atoms with Crippen LogP contribution in [-0.4, -0.2) is 9.13 Å². The first-order valence-electron chi connectivity index (χ1n) is 19.4. The molecule has 0 saturated heterocycles. The summed E-state index contributed by atoms with van der Waals surface area (Å²) in [5, 5.41) is 2.75. The summed E-state index contributed by atoms with van der Waals surface area (Å²) in [4.78, 5) is 0. The number of aryl methyl sites for hydroxylation is 2. The van der Waals surface area contributed by atoms with Crippen LogP contribution in [0.3, 0.4) is 0 Å². The molecule has 0 bridgehead atoms. The summed E-state index contributed by atoms with van der Waals surface area (Å²) in [7, 11) is 0. The van der Waals surface area contributed by atoms with Gasteiger partial charge in [0.2, 0.25) is 0 Å². The first-order valence-corrected chi connectivity index (χ1v) is 19.4. The Morgan fingerprint density at radius 2 is 0.941 bits per heavy atom. The van der Waals surface area contributed by atoms with Crippen molar-refractivity contribution in [1.29, 1.82) is 0 Å². The lowest BCUT2D eigenvalue weighted by Gasteiger charge is -2.30. The Balaban J connectivity index is 1.02. The summed E-state index contributed by atoms with van der Waals surface area (Å²) in [5.41, 5.74) is 19.3. The molecule has 0 spiro atoms. The van der Waals surface area contributed by atoms with Crippen LogP contribution in [0.1, 0.15) is 109 Å². The highest BCUT2D eigenvalue weighted by Crippen LogP contribution is 2.53. The van der Waals surface area contributed by atoms with Crippen LogP contribution < -0.4 is 0 Å². The Morgan fingerprint density at radius 3 is 1.35 bits per heavy atom. The lowest BCUT2D eigenvalue weighted by Crippen LogP contribution is -2.23. The number of fused-ring (bicyclic) bond motifs is 9. The number of allylic oxidation sites excluding steroid dienone is 2. The number of nitrogens with zero attached hydrogens (tertiary/aromatic N) is 2. The van der Waals surface area contributed by atoms with Gasteiger partial charge in [0.1, 0.15) is 0 Å². The van der Waals surface area contributed by atoms with Crippen molar-refractivity contribution in [3.05, 3.63) is 141 Å². The van der Waals surface area contributed by atoms with Gasteiger partial charge in [0.05, 0.1) is 0 Å². The molecule has 4 aromatic carbocycles. The molecule has 3 aliphatic rings. The van der Waals surface area contributed by atoms with Gasteiger partial charge in [-0.25, -0.2) is 0 Å². The first-order chi connectivity index (χ1) is 25.1. The third kappa shape index (κ3) is 4.98. The summed E-state index contributed by atoms with van der Waals surface area (Å²) in [5.74, 6) is 0. The molecule has 254 valence electrons. The van der Waals surface area contributed by atoms with Gasteiger partial charge in [0, 0.05) is 62.8 Å². The van der Waals surface area contributed by atoms with E-state index in [-0.39, 0.29) is 5.41 Å². The summed E-state index contributed by atoms with van der Waals surface area (Å²) in [6.07, 6.45) is 25.3. The maximum Gasteiger partial charge on any atom is 0.0489 e. The predicted octanol–water partition coefficient (Wildman–Crippen LogP) is 13.0. The van der Waals surface area contributed by atoms with Crippen LogP contribution in [0, 0.1) is 0 Å². The molecule has 2 heterocycles. The van der Waals surface area contributed by atoms with Crippen LogP contribution >= 0.6 is 0 Å². The van der Waals surface area contributed by atoms with E-state index in [9.17, 15) is 0 Å². The Hall–Kier alpha value is -5.08. The first kappa shape index (κ1) is 31.9. The zero-order valence-corrected chi connectivity index (χ0v) is 30.6. The van der Waals surface area contributed by atoms with Gasteiger partial charge >= 0.3 is 0 Å². The van der Waals surface area contributed by atoms with E-state index in [1.54, 1.807) is 0 Å². The fourth-order valence-electron chi connectivity index (χ4n) is 9.72. The van der Waals surface area contributed by atoms with Gasteiger partial charge in [0.15, 0.2) is 0 Å². The largest absolute Gasteiger partial charge is 0.344 e. The molecule has 2 heteroatoms. The molecule has 0 radical (unpaired) electrons. The molecule has 0 saturated carbocycles. The normalized spacial score (nSPS) is 15.7. The van der Waals surface area contributed by atoms with Crippen molar-refractivity contribution >= 4 is 58.3 Å². The van der Waals surface area contributed by atoms with Gasteiger partial charge in [-0.2, -0.15) is 0 Å². The highest BCUT2D eigenvalue weighted by Gasteiger charge is 2.40. The zero-order valence-electron chi connectivity index (χ0n) is 30.6. The van der Waals surface area contributed by atoms with Gasteiger partial charge in [0.25, 0.3) is 0 Å². The molecule has 0 aliphatic heterocycles. The van der Waals surface area contributed by atoms with E-state index in [0.29, 0.717) is 0 Å². The summed E-state index contributed by atoms with van der Waals surface area (Å²) in [6.45, 7) is 11.3. The van der Waals surface area contributed by atoms with E-state index in [1.807, 2.05) is 0 Å². The smallest absolute Gasteiger partial charge is 0.0489 e. The lowest BCUT2D eigenvalue weighted by atomic mass is 9.73. The number of aromatic nitrogens is 2. The molecule has 9 rings (SSSR count). The average Bonchev–Trinajstić information content (AvgIpc) is 3.78. The number of benzene rings is 4. The fraction of sp³-hybridized carbons (Fsp3) is 0.265. The monoisotopic (exact) mass is 664 g/mol. The van der Waals surface area contributed by atoms with Crippen molar-refractivity contribution in [2.45, 2.75) is 84.7 Å². The molecule has 0 unspecified atom stereocenters. The lowest BCUT2D eigenvalue weighted by molar-refractivity contribution is 0.490. The van der Waals surface area contributed by atoms with Crippen LogP contribution in [0.15, 0.2) is 84.9 Å². The predicted molar refractivity (Wildman–Crippen MR) is 221 cm³/mol. The molecule has 6 aromatic rings. The summed E-state index contributed by atoms with van der Waals surface area (Å²) < 4.78 is 5.01. The Labute approximate surface area is 303 Å². The van der Waals surface area contributed by atoms with Crippen LogP contribution in [0.25, 0.3) is 69.4 Å². The van der Waals surface area contributed by atoms with Gasteiger partial charge in [-0.15, -0.1) is 0 Å². The van der Waals surface area contributed by atoms with E-state index < -0.39 is 0 Å². The summed E-state index contributed by atoms with van der Waals surface area (Å²) >= 11 is 0. The SMILES string of the molecule is CCn1c2c(c3cc(/C=C/c4ccc5c(c4)C(CC)(CC)c4cc(/C=C/c6ccc7c(c6)c6c(n7CC)CCC=C6)ccc4-5)ccc31)C=CCC2. The topological polar surface area (TPSA) is 9.86 Å². The fourth-order valence-corrected chi connectivity index (χ4v) is 9.72. The van der Waals surface area contributed by atoms with Gasteiger partial charge < -0.3 is 9.13 Å². The minimum atomic E-state index is 0.0130. The molecule has 0 atom stereocenters. The maximum atomic E-state index is 2.50. The number of hydrogen-bond acceptors (Lipinski definition) is 0. The molecule has 2 aromatic heterocycles. The van der Waals surface area contributed by atoms with Gasteiger partial charge in [-0.1, -0.05) is 111 Å². The maximum absolute atomic E-state index is 2.50. The molecule has 0 fully saturated rings.